The number of nitrogens with one attached hydrogen (secondary N) is 1. The summed E-state index contributed by atoms with van der Waals surface area (Å²) in [5, 5.41) is 3.52. The van der Waals surface area contributed by atoms with Gasteiger partial charge in [-0.15, -0.1) is 0 Å². The molecule has 5 heteroatoms. The van der Waals surface area contributed by atoms with Crippen LogP contribution in [0.5, 0.6) is 0 Å². The van der Waals surface area contributed by atoms with Gasteiger partial charge in [-0.25, -0.2) is 4.79 Å². The largest absolute Gasteiger partial charge is 0.447 e. The Morgan fingerprint density at radius 2 is 2.10 bits per heavy atom. The highest BCUT2D eigenvalue weighted by atomic mass is 16.6. The number of ether oxygens (including phenoxy) is 2. The van der Waals surface area contributed by atoms with Crippen molar-refractivity contribution in [3.8, 4) is 0 Å². The van der Waals surface area contributed by atoms with Crippen LogP contribution in [0.4, 0.5) is 10.5 Å². The van der Waals surface area contributed by atoms with Gasteiger partial charge >= 0.3 is 6.09 Å². The normalized spacial score (nSPS) is 26.1. The molecule has 108 valence electrons. The standard InChI is InChI=1S/C15H20N2O3/c1-11-14(6-8-19-11)16-10-12-2-4-13(5-3-12)17-7-9-20-15(17)18/h2-5,11,14,16H,6-10H2,1H3/t11-,14-/m0/s1. The van der Waals surface area contributed by atoms with Crippen molar-refractivity contribution in [2.24, 2.45) is 0 Å². The van der Waals surface area contributed by atoms with E-state index in [4.69, 9.17) is 9.47 Å². The number of nitrogens with zero attached hydrogens (tertiary/aromatic N) is 1. The van der Waals surface area contributed by atoms with Crippen molar-refractivity contribution in [3.63, 3.8) is 0 Å². The lowest BCUT2D eigenvalue weighted by Gasteiger charge is -2.17. The minimum atomic E-state index is -0.257. The first-order valence-electron chi connectivity index (χ1n) is 7.12. The molecule has 2 fully saturated rings. The molecule has 1 aromatic rings. The fourth-order valence-corrected chi connectivity index (χ4v) is 2.67. The van der Waals surface area contributed by atoms with E-state index in [1.165, 1.54) is 5.56 Å². The zero-order chi connectivity index (χ0) is 13.9. The Kier molecular flexibility index (Phi) is 3.89. The van der Waals surface area contributed by atoms with E-state index in [0.717, 1.165) is 25.3 Å². The fraction of sp³-hybridized carbons (Fsp3) is 0.533. The van der Waals surface area contributed by atoms with Crippen LogP contribution in [-0.2, 0) is 16.0 Å². The highest BCUT2D eigenvalue weighted by Gasteiger charge is 2.24. The molecule has 0 saturated carbocycles. The third-order valence-corrected chi connectivity index (χ3v) is 3.95. The molecule has 1 amide bonds. The summed E-state index contributed by atoms with van der Waals surface area (Å²) in [6, 6.07) is 8.47. The Morgan fingerprint density at radius 1 is 1.30 bits per heavy atom. The fourth-order valence-electron chi connectivity index (χ4n) is 2.67. The highest BCUT2D eigenvalue weighted by molar-refractivity contribution is 5.89. The highest BCUT2D eigenvalue weighted by Crippen LogP contribution is 2.19. The maximum absolute atomic E-state index is 11.5. The molecular formula is C15H20N2O3. The first-order chi connectivity index (χ1) is 9.74. The van der Waals surface area contributed by atoms with Crippen LogP contribution in [0.3, 0.4) is 0 Å². The lowest BCUT2D eigenvalue weighted by molar-refractivity contribution is 0.113. The number of rotatable bonds is 4. The van der Waals surface area contributed by atoms with Crippen molar-refractivity contribution >= 4 is 11.8 Å². The third-order valence-electron chi connectivity index (χ3n) is 3.95. The molecule has 0 radical (unpaired) electrons. The summed E-state index contributed by atoms with van der Waals surface area (Å²) in [5.41, 5.74) is 2.11. The predicted molar refractivity (Wildman–Crippen MR) is 75.8 cm³/mol. The Bertz CT molecular complexity index is 475. The molecule has 0 bridgehead atoms. The van der Waals surface area contributed by atoms with Crippen molar-refractivity contribution in [3.05, 3.63) is 29.8 Å². The van der Waals surface area contributed by atoms with Crippen molar-refractivity contribution in [1.29, 1.82) is 0 Å². The second kappa shape index (κ2) is 5.81. The van der Waals surface area contributed by atoms with Gasteiger partial charge in [0.15, 0.2) is 0 Å². The summed E-state index contributed by atoms with van der Waals surface area (Å²) in [4.78, 5) is 13.1. The molecule has 0 aromatic heterocycles. The average molecular weight is 276 g/mol. The summed E-state index contributed by atoms with van der Waals surface area (Å²) in [7, 11) is 0. The maximum atomic E-state index is 11.5. The summed E-state index contributed by atoms with van der Waals surface area (Å²) in [5.74, 6) is 0. The molecule has 3 rings (SSSR count). The van der Waals surface area contributed by atoms with Crippen LogP contribution >= 0.6 is 0 Å². The second-order valence-corrected chi connectivity index (χ2v) is 5.28. The Hall–Kier alpha value is -1.59. The van der Waals surface area contributed by atoms with E-state index >= 15 is 0 Å². The Morgan fingerprint density at radius 3 is 2.70 bits per heavy atom. The summed E-state index contributed by atoms with van der Waals surface area (Å²) in [6.07, 6.45) is 1.10. The van der Waals surface area contributed by atoms with Crippen LogP contribution in [0.25, 0.3) is 0 Å². The van der Waals surface area contributed by atoms with E-state index in [0.29, 0.717) is 19.2 Å². The Balaban J connectivity index is 1.57. The quantitative estimate of drug-likeness (QED) is 0.912. The van der Waals surface area contributed by atoms with Gasteiger partial charge in [-0.1, -0.05) is 12.1 Å². The molecular weight excluding hydrogens is 256 g/mol. The number of cyclic esters (lactones) is 1. The van der Waals surface area contributed by atoms with Crippen LogP contribution < -0.4 is 10.2 Å². The molecule has 0 unspecified atom stereocenters. The smallest absolute Gasteiger partial charge is 0.414 e. The minimum absolute atomic E-state index is 0.257. The molecule has 0 aliphatic carbocycles. The number of hydrogen-bond acceptors (Lipinski definition) is 4. The van der Waals surface area contributed by atoms with Gasteiger partial charge in [0.05, 0.1) is 12.6 Å². The van der Waals surface area contributed by atoms with Crippen LogP contribution in [0, 0.1) is 0 Å². The number of carbonyl (C=O) groups excluding carboxylic acids is 1. The van der Waals surface area contributed by atoms with Gasteiger partial charge in [-0.2, -0.15) is 0 Å². The van der Waals surface area contributed by atoms with Crippen molar-refractivity contribution in [1.82, 2.24) is 5.32 Å². The summed E-state index contributed by atoms with van der Waals surface area (Å²) >= 11 is 0. The lowest BCUT2D eigenvalue weighted by atomic mass is 10.1. The van der Waals surface area contributed by atoms with Crippen LogP contribution in [0.2, 0.25) is 0 Å². The zero-order valence-electron chi connectivity index (χ0n) is 11.7. The van der Waals surface area contributed by atoms with E-state index < -0.39 is 0 Å². The van der Waals surface area contributed by atoms with E-state index in [1.807, 2.05) is 12.1 Å². The van der Waals surface area contributed by atoms with E-state index in [9.17, 15) is 4.79 Å². The van der Waals surface area contributed by atoms with Gasteiger partial charge in [-0.05, 0) is 31.0 Å². The molecule has 2 heterocycles. The molecule has 2 saturated heterocycles. The second-order valence-electron chi connectivity index (χ2n) is 5.28. The Labute approximate surface area is 118 Å². The SMILES string of the molecule is C[C@@H]1OCC[C@@H]1NCc1ccc(N2CCOC2=O)cc1. The number of carbonyl (C=O) groups is 1. The van der Waals surface area contributed by atoms with Gasteiger partial charge in [0.2, 0.25) is 0 Å². The number of benzene rings is 1. The topological polar surface area (TPSA) is 50.8 Å². The number of hydrogen-bond donors (Lipinski definition) is 1. The van der Waals surface area contributed by atoms with E-state index in [-0.39, 0.29) is 12.2 Å². The summed E-state index contributed by atoms with van der Waals surface area (Å²) in [6.45, 7) is 4.87. The molecule has 1 aromatic carbocycles. The molecule has 5 nitrogen and oxygen atoms in total. The lowest BCUT2D eigenvalue weighted by Crippen LogP contribution is -2.34. The molecule has 2 aliphatic rings. The van der Waals surface area contributed by atoms with Crippen molar-refractivity contribution in [2.45, 2.75) is 32.0 Å². The monoisotopic (exact) mass is 276 g/mol. The van der Waals surface area contributed by atoms with Crippen LogP contribution in [-0.4, -0.2) is 38.0 Å². The molecule has 1 N–H and O–H groups in total. The summed E-state index contributed by atoms with van der Waals surface area (Å²) < 4.78 is 10.5. The van der Waals surface area contributed by atoms with Crippen LogP contribution in [0.15, 0.2) is 24.3 Å². The maximum Gasteiger partial charge on any atom is 0.414 e. The molecule has 2 atom stereocenters. The van der Waals surface area contributed by atoms with Crippen molar-refractivity contribution in [2.75, 3.05) is 24.7 Å². The van der Waals surface area contributed by atoms with Gasteiger partial charge in [0.25, 0.3) is 0 Å². The molecule has 20 heavy (non-hydrogen) atoms. The average Bonchev–Trinajstić information content (AvgIpc) is 3.06. The number of anilines is 1. The van der Waals surface area contributed by atoms with E-state index in [2.05, 4.69) is 24.4 Å². The van der Waals surface area contributed by atoms with E-state index in [1.54, 1.807) is 4.90 Å². The minimum Gasteiger partial charge on any atom is -0.447 e. The first kappa shape index (κ1) is 13.4. The van der Waals surface area contributed by atoms with Gasteiger partial charge in [0, 0.05) is 24.9 Å². The predicted octanol–water partition coefficient (Wildman–Crippen LogP) is 1.91. The van der Waals surface area contributed by atoms with Gasteiger partial charge in [-0.3, -0.25) is 4.90 Å². The zero-order valence-corrected chi connectivity index (χ0v) is 11.7. The van der Waals surface area contributed by atoms with Gasteiger partial charge in [0.1, 0.15) is 6.61 Å². The number of amides is 1. The van der Waals surface area contributed by atoms with Crippen LogP contribution in [0.1, 0.15) is 18.9 Å². The third kappa shape index (κ3) is 2.78. The van der Waals surface area contributed by atoms with Gasteiger partial charge < -0.3 is 14.8 Å². The molecule has 0 spiro atoms. The van der Waals surface area contributed by atoms with Crippen molar-refractivity contribution < 1.29 is 14.3 Å². The molecule has 2 aliphatic heterocycles. The first-order valence-corrected chi connectivity index (χ1v) is 7.12.